The van der Waals surface area contributed by atoms with Crippen molar-refractivity contribution in [3.8, 4) is 11.4 Å². The molecule has 104 valence electrons. The van der Waals surface area contributed by atoms with Crippen molar-refractivity contribution in [1.29, 1.82) is 0 Å². The molecule has 1 fully saturated rings. The molecule has 0 bridgehead atoms. The molecule has 0 spiro atoms. The van der Waals surface area contributed by atoms with Gasteiger partial charge in [-0.15, -0.1) is 0 Å². The first-order valence-corrected chi connectivity index (χ1v) is 5.79. The van der Waals surface area contributed by atoms with Crippen LogP contribution in [0.25, 0.3) is 11.4 Å². The third-order valence-corrected chi connectivity index (χ3v) is 2.85. The van der Waals surface area contributed by atoms with Gasteiger partial charge < -0.3 is 16.4 Å². The molecule has 0 atom stereocenters. The molecule has 3 rings (SSSR count). The van der Waals surface area contributed by atoms with Gasteiger partial charge in [-0.05, 0) is 6.07 Å². The largest absolute Gasteiger partial charge is 0.384 e. The minimum absolute atomic E-state index is 0.121. The van der Waals surface area contributed by atoms with Gasteiger partial charge in [-0.2, -0.15) is 4.98 Å². The Bertz CT molecular complexity index is 653. The molecule has 2 aromatic rings. The molecule has 1 saturated heterocycles. The van der Waals surface area contributed by atoms with Crippen molar-refractivity contribution in [2.24, 2.45) is 0 Å². The van der Waals surface area contributed by atoms with Gasteiger partial charge in [-0.1, -0.05) is 0 Å². The number of aromatic nitrogens is 4. The predicted octanol–water partition coefficient (Wildman–Crippen LogP) is 0.553. The molecule has 3 heterocycles. The summed E-state index contributed by atoms with van der Waals surface area (Å²) in [6, 6.07) is 1.54. The van der Waals surface area contributed by atoms with E-state index in [0.29, 0.717) is 17.2 Å². The second-order valence-electron chi connectivity index (χ2n) is 4.49. The summed E-state index contributed by atoms with van der Waals surface area (Å²) in [5.74, 6) is -1.81. The van der Waals surface area contributed by atoms with Crippen LogP contribution in [0.5, 0.6) is 0 Å². The first kappa shape index (κ1) is 12.5. The maximum absolute atomic E-state index is 12.8. The minimum atomic E-state index is -2.69. The van der Waals surface area contributed by atoms with Crippen LogP contribution in [0.15, 0.2) is 18.5 Å². The number of nitrogens with zero attached hydrogens (tertiary/aromatic N) is 5. The average Bonchev–Trinajstić information content (AvgIpc) is 2.35. The maximum Gasteiger partial charge on any atom is 0.282 e. The van der Waals surface area contributed by atoms with Gasteiger partial charge in [0.25, 0.3) is 5.92 Å². The SMILES string of the molecule is Nc1ccnc(-c2cnc(N3CC(F)(F)C3)nc2N)n1. The first-order valence-electron chi connectivity index (χ1n) is 5.79. The van der Waals surface area contributed by atoms with Gasteiger partial charge >= 0.3 is 0 Å². The van der Waals surface area contributed by atoms with Crippen LogP contribution in [0.4, 0.5) is 26.4 Å². The number of nitrogen functional groups attached to an aromatic ring is 2. The van der Waals surface area contributed by atoms with Crippen LogP contribution in [-0.2, 0) is 0 Å². The summed E-state index contributed by atoms with van der Waals surface area (Å²) in [6.07, 6.45) is 2.89. The quantitative estimate of drug-likeness (QED) is 0.826. The van der Waals surface area contributed by atoms with Gasteiger partial charge in [0.15, 0.2) is 5.82 Å². The zero-order chi connectivity index (χ0) is 14.3. The van der Waals surface area contributed by atoms with Crippen molar-refractivity contribution >= 4 is 17.6 Å². The summed E-state index contributed by atoms with van der Waals surface area (Å²) >= 11 is 0. The van der Waals surface area contributed by atoms with Crippen molar-refractivity contribution < 1.29 is 8.78 Å². The Labute approximate surface area is 112 Å². The number of anilines is 3. The number of hydrogen-bond acceptors (Lipinski definition) is 7. The Morgan fingerprint density at radius 3 is 2.50 bits per heavy atom. The summed E-state index contributed by atoms with van der Waals surface area (Å²) in [5, 5.41) is 0. The van der Waals surface area contributed by atoms with E-state index < -0.39 is 19.0 Å². The van der Waals surface area contributed by atoms with Gasteiger partial charge in [0.1, 0.15) is 11.6 Å². The monoisotopic (exact) mass is 279 g/mol. The molecular formula is C11H11F2N7. The van der Waals surface area contributed by atoms with E-state index in [0.717, 1.165) is 0 Å². The minimum Gasteiger partial charge on any atom is -0.384 e. The lowest BCUT2D eigenvalue weighted by Crippen LogP contribution is -2.57. The van der Waals surface area contributed by atoms with Crippen LogP contribution in [0.3, 0.4) is 0 Å². The molecule has 9 heteroatoms. The Hall–Kier alpha value is -2.58. The molecule has 0 amide bonds. The Morgan fingerprint density at radius 2 is 1.90 bits per heavy atom. The summed E-state index contributed by atoms with van der Waals surface area (Å²) in [6.45, 7) is -0.804. The van der Waals surface area contributed by atoms with Crippen LogP contribution in [0, 0.1) is 0 Å². The van der Waals surface area contributed by atoms with E-state index >= 15 is 0 Å². The van der Waals surface area contributed by atoms with Gasteiger partial charge in [0.05, 0.1) is 18.7 Å². The fourth-order valence-corrected chi connectivity index (χ4v) is 1.87. The molecule has 0 aromatic carbocycles. The molecule has 1 aliphatic heterocycles. The number of halogens is 2. The van der Waals surface area contributed by atoms with Crippen molar-refractivity contribution in [2.75, 3.05) is 29.5 Å². The molecule has 0 aliphatic carbocycles. The van der Waals surface area contributed by atoms with E-state index in [9.17, 15) is 8.78 Å². The van der Waals surface area contributed by atoms with Gasteiger partial charge in [-0.25, -0.2) is 23.7 Å². The normalized spacial score (nSPS) is 16.8. The van der Waals surface area contributed by atoms with E-state index in [4.69, 9.17) is 11.5 Å². The molecule has 2 aromatic heterocycles. The third kappa shape index (κ3) is 2.17. The number of hydrogen-bond donors (Lipinski definition) is 2. The number of rotatable bonds is 2. The van der Waals surface area contributed by atoms with E-state index in [1.54, 1.807) is 0 Å². The van der Waals surface area contributed by atoms with Crippen LogP contribution in [0.1, 0.15) is 0 Å². The predicted molar refractivity (Wildman–Crippen MR) is 69.0 cm³/mol. The molecule has 0 radical (unpaired) electrons. The lowest BCUT2D eigenvalue weighted by Gasteiger charge is -2.38. The van der Waals surface area contributed by atoms with Gasteiger partial charge in [0, 0.05) is 12.4 Å². The second-order valence-corrected chi connectivity index (χ2v) is 4.49. The number of alkyl halides is 2. The lowest BCUT2D eigenvalue weighted by molar-refractivity contribution is -0.0271. The van der Waals surface area contributed by atoms with Crippen molar-refractivity contribution in [2.45, 2.75) is 5.92 Å². The summed E-state index contributed by atoms with van der Waals surface area (Å²) in [4.78, 5) is 17.4. The van der Waals surface area contributed by atoms with Crippen LogP contribution in [0.2, 0.25) is 0 Å². The highest BCUT2D eigenvalue weighted by atomic mass is 19.3. The highest BCUT2D eigenvalue weighted by Gasteiger charge is 2.45. The van der Waals surface area contributed by atoms with E-state index in [-0.39, 0.29) is 11.8 Å². The Balaban J connectivity index is 1.89. The molecule has 0 saturated carbocycles. The van der Waals surface area contributed by atoms with Gasteiger partial charge in [0.2, 0.25) is 5.95 Å². The zero-order valence-electron chi connectivity index (χ0n) is 10.3. The maximum atomic E-state index is 12.8. The molecular weight excluding hydrogens is 268 g/mol. The van der Waals surface area contributed by atoms with Crippen LogP contribution in [-0.4, -0.2) is 38.9 Å². The fourth-order valence-electron chi connectivity index (χ4n) is 1.87. The van der Waals surface area contributed by atoms with E-state index in [1.165, 1.54) is 23.4 Å². The Kier molecular flexibility index (Phi) is 2.63. The second kappa shape index (κ2) is 4.22. The average molecular weight is 279 g/mol. The van der Waals surface area contributed by atoms with Crippen LogP contribution >= 0.6 is 0 Å². The molecule has 7 nitrogen and oxygen atoms in total. The summed E-state index contributed by atoms with van der Waals surface area (Å²) in [7, 11) is 0. The van der Waals surface area contributed by atoms with E-state index in [1.807, 2.05) is 0 Å². The van der Waals surface area contributed by atoms with Crippen molar-refractivity contribution in [3.05, 3.63) is 18.5 Å². The number of nitrogens with two attached hydrogens (primary N) is 2. The van der Waals surface area contributed by atoms with Crippen LogP contribution < -0.4 is 16.4 Å². The topological polar surface area (TPSA) is 107 Å². The highest BCUT2D eigenvalue weighted by Crippen LogP contribution is 2.31. The summed E-state index contributed by atoms with van der Waals surface area (Å²) in [5.41, 5.74) is 11.8. The van der Waals surface area contributed by atoms with Gasteiger partial charge in [-0.3, -0.25) is 0 Å². The standard InChI is InChI=1S/C11H11F2N7/c12-11(13)4-20(5-11)10-17-3-6(8(15)19-10)9-16-2-1-7(14)18-9/h1-3H,4-5H2,(H2,14,16,18)(H2,15,17,19). The molecule has 0 unspecified atom stereocenters. The highest BCUT2D eigenvalue weighted by molar-refractivity contribution is 5.69. The lowest BCUT2D eigenvalue weighted by atomic mass is 10.2. The fraction of sp³-hybridized carbons (Fsp3) is 0.273. The summed E-state index contributed by atoms with van der Waals surface area (Å²) < 4.78 is 25.6. The third-order valence-electron chi connectivity index (χ3n) is 2.85. The van der Waals surface area contributed by atoms with E-state index in [2.05, 4.69) is 19.9 Å². The molecule has 4 N–H and O–H groups in total. The van der Waals surface area contributed by atoms with Crippen molar-refractivity contribution in [1.82, 2.24) is 19.9 Å². The zero-order valence-corrected chi connectivity index (χ0v) is 10.3. The molecule has 20 heavy (non-hydrogen) atoms. The molecule has 1 aliphatic rings. The first-order chi connectivity index (χ1) is 9.44. The Morgan fingerprint density at radius 1 is 1.15 bits per heavy atom. The van der Waals surface area contributed by atoms with Crippen molar-refractivity contribution in [3.63, 3.8) is 0 Å². The smallest absolute Gasteiger partial charge is 0.282 e.